The summed E-state index contributed by atoms with van der Waals surface area (Å²) in [6.07, 6.45) is 0. The van der Waals surface area contributed by atoms with Gasteiger partial charge in [0.1, 0.15) is 11.5 Å². The van der Waals surface area contributed by atoms with Crippen molar-refractivity contribution in [2.75, 3.05) is 14.2 Å². The zero-order valence-electron chi connectivity index (χ0n) is 15.1. The monoisotopic (exact) mass is 396 g/mol. The number of methoxy groups -OCH3 is 2. The largest absolute Gasteiger partial charge is 0.497 e. The van der Waals surface area contributed by atoms with E-state index in [1.54, 1.807) is 18.9 Å². The fourth-order valence-electron chi connectivity index (χ4n) is 2.47. The van der Waals surface area contributed by atoms with Gasteiger partial charge >= 0.3 is 0 Å². The van der Waals surface area contributed by atoms with E-state index < -0.39 is 0 Å². The van der Waals surface area contributed by atoms with Crippen LogP contribution in [-0.4, -0.2) is 44.6 Å². The number of ether oxygens (including phenoxy) is 2. The van der Waals surface area contributed by atoms with Crippen LogP contribution in [0.4, 0.5) is 0 Å². The Balaban J connectivity index is 1.47. The highest BCUT2D eigenvalue weighted by Gasteiger charge is 2.14. The molecule has 28 heavy (non-hydrogen) atoms. The van der Waals surface area contributed by atoms with E-state index in [0.29, 0.717) is 22.6 Å². The molecule has 4 rings (SSSR count). The summed E-state index contributed by atoms with van der Waals surface area (Å²) in [6, 6.07) is 15.0. The maximum Gasteiger partial charge on any atom is 0.237 e. The van der Waals surface area contributed by atoms with Crippen LogP contribution in [-0.2, 0) is 5.75 Å². The molecule has 0 aliphatic heterocycles. The molecule has 0 aliphatic carbocycles. The number of rotatable bonds is 7. The first kappa shape index (κ1) is 18.0. The fraction of sp³-hybridized carbons (Fsp3) is 0.167. The average Bonchev–Trinajstić information content (AvgIpc) is 3.42. The van der Waals surface area contributed by atoms with Gasteiger partial charge in [-0.2, -0.15) is 9.67 Å². The minimum absolute atomic E-state index is 0.438. The zero-order valence-corrected chi connectivity index (χ0v) is 16.0. The number of hydrogen-bond donors (Lipinski definition) is 0. The molecule has 0 radical (unpaired) electrons. The van der Waals surface area contributed by atoms with Gasteiger partial charge in [-0.05, 0) is 46.8 Å². The molecule has 10 heteroatoms. The summed E-state index contributed by atoms with van der Waals surface area (Å²) in [5.41, 5.74) is 1.65. The van der Waals surface area contributed by atoms with E-state index in [9.17, 15) is 0 Å². The first-order chi connectivity index (χ1) is 13.8. The summed E-state index contributed by atoms with van der Waals surface area (Å²) in [5, 5.41) is 16.5. The third-order valence-electron chi connectivity index (χ3n) is 3.88. The van der Waals surface area contributed by atoms with E-state index in [2.05, 4.69) is 25.7 Å². The second-order valence-electron chi connectivity index (χ2n) is 5.60. The molecule has 0 saturated heterocycles. The van der Waals surface area contributed by atoms with Crippen LogP contribution in [0.2, 0.25) is 0 Å². The second-order valence-corrected chi connectivity index (χ2v) is 6.55. The van der Waals surface area contributed by atoms with Crippen molar-refractivity contribution in [2.24, 2.45) is 0 Å². The van der Waals surface area contributed by atoms with Gasteiger partial charge in [-0.3, -0.25) is 0 Å². The SMILES string of the molecule is COc1ccc(-n2nnnc2SCc2nc(-c3cccc(OC)c3)no2)cc1. The number of benzene rings is 2. The number of tetrazole rings is 1. The lowest BCUT2D eigenvalue weighted by atomic mass is 10.2. The predicted molar refractivity (Wildman–Crippen MR) is 102 cm³/mol. The van der Waals surface area contributed by atoms with Crippen molar-refractivity contribution in [1.29, 1.82) is 0 Å². The van der Waals surface area contributed by atoms with Gasteiger partial charge in [-0.15, -0.1) is 5.10 Å². The molecular formula is C18H16N6O3S. The summed E-state index contributed by atoms with van der Waals surface area (Å²) in [6.45, 7) is 0. The van der Waals surface area contributed by atoms with E-state index in [0.717, 1.165) is 22.7 Å². The van der Waals surface area contributed by atoms with Crippen LogP contribution >= 0.6 is 11.8 Å². The van der Waals surface area contributed by atoms with Crippen molar-refractivity contribution in [1.82, 2.24) is 30.3 Å². The molecule has 4 aromatic rings. The molecule has 0 atom stereocenters. The molecule has 0 unspecified atom stereocenters. The van der Waals surface area contributed by atoms with E-state index in [1.807, 2.05) is 48.5 Å². The average molecular weight is 396 g/mol. The molecule has 0 fully saturated rings. The number of nitrogens with zero attached hydrogens (tertiary/aromatic N) is 6. The van der Waals surface area contributed by atoms with Gasteiger partial charge in [0.05, 0.1) is 25.7 Å². The molecule has 2 aromatic heterocycles. The lowest BCUT2D eigenvalue weighted by molar-refractivity contribution is 0.391. The highest BCUT2D eigenvalue weighted by atomic mass is 32.2. The Kier molecular flexibility index (Phi) is 5.20. The maximum atomic E-state index is 5.35. The standard InChI is InChI=1S/C18H16N6O3S/c1-25-14-8-6-13(7-9-14)24-18(20-22-23-24)28-11-16-19-17(21-27-16)12-4-3-5-15(10-12)26-2/h3-10H,11H2,1-2H3. The van der Waals surface area contributed by atoms with Crippen LogP contribution in [0.5, 0.6) is 11.5 Å². The highest BCUT2D eigenvalue weighted by molar-refractivity contribution is 7.98. The normalized spacial score (nSPS) is 10.8. The molecule has 0 aliphatic rings. The van der Waals surface area contributed by atoms with Gasteiger partial charge in [0, 0.05) is 5.56 Å². The number of hydrogen-bond acceptors (Lipinski definition) is 9. The van der Waals surface area contributed by atoms with Crippen LogP contribution < -0.4 is 9.47 Å². The highest BCUT2D eigenvalue weighted by Crippen LogP contribution is 2.25. The molecule has 0 saturated carbocycles. The van der Waals surface area contributed by atoms with Crippen LogP contribution in [0.15, 0.2) is 58.2 Å². The lowest BCUT2D eigenvalue weighted by Gasteiger charge is -2.04. The van der Waals surface area contributed by atoms with Crippen LogP contribution in [0.25, 0.3) is 17.1 Å². The smallest absolute Gasteiger partial charge is 0.237 e. The first-order valence-corrected chi connectivity index (χ1v) is 9.28. The molecule has 2 aromatic carbocycles. The van der Waals surface area contributed by atoms with Crippen molar-refractivity contribution in [3.05, 3.63) is 54.4 Å². The zero-order chi connectivity index (χ0) is 19.3. The fourth-order valence-corrected chi connectivity index (χ4v) is 3.20. The molecule has 0 N–H and O–H groups in total. The van der Waals surface area contributed by atoms with Crippen molar-refractivity contribution >= 4 is 11.8 Å². The van der Waals surface area contributed by atoms with Gasteiger partial charge < -0.3 is 14.0 Å². The Labute approximate surface area is 164 Å². The Hall–Kier alpha value is -3.40. The third kappa shape index (κ3) is 3.81. The summed E-state index contributed by atoms with van der Waals surface area (Å²) < 4.78 is 17.4. The number of aromatic nitrogens is 6. The summed E-state index contributed by atoms with van der Waals surface area (Å²) >= 11 is 1.40. The van der Waals surface area contributed by atoms with Crippen molar-refractivity contribution in [3.63, 3.8) is 0 Å². The van der Waals surface area contributed by atoms with Gasteiger partial charge in [0.25, 0.3) is 0 Å². The van der Waals surface area contributed by atoms with Gasteiger partial charge in [0.15, 0.2) is 0 Å². The van der Waals surface area contributed by atoms with E-state index in [1.165, 1.54) is 11.8 Å². The van der Waals surface area contributed by atoms with E-state index >= 15 is 0 Å². The Morgan fingerprint density at radius 1 is 1.04 bits per heavy atom. The number of thioether (sulfide) groups is 1. The van der Waals surface area contributed by atoms with E-state index in [-0.39, 0.29) is 0 Å². The minimum Gasteiger partial charge on any atom is -0.497 e. The van der Waals surface area contributed by atoms with E-state index in [4.69, 9.17) is 14.0 Å². The third-order valence-corrected chi connectivity index (χ3v) is 4.78. The molecule has 0 spiro atoms. The van der Waals surface area contributed by atoms with Crippen molar-refractivity contribution < 1.29 is 14.0 Å². The molecule has 0 bridgehead atoms. The van der Waals surface area contributed by atoms with Crippen LogP contribution in [0.3, 0.4) is 0 Å². The first-order valence-electron chi connectivity index (χ1n) is 8.29. The Morgan fingerprint density at radius 2 is 1.86 bits per heavy atom. The Bertz CT molecular complexity index is 1060. The molecule has 142 valence electrons. The van der Waals surface area contributed by atoms with Crippen LogP contribution in [0.1, 0.15) is 5.89 Å². The predicted octanol–water partition coefficient (Wildman–Crippen LogP) is 3.02. The summed E-state index contributed by atoms with van der Waals surface area (Å²) in [5.74, 6) is 2.92. The molecule has 2 heterocycles. The summed E-state index contributed by atoms with van der Waals surface area (Å²) in [7, 11) is 3.24. The molecule has 0 amide bonds. The minimum atomic E-state index is 0.438. The topological polar surface area (TPSA) is 101 Å². The quantitative estimate of drug-likeness (QED) is 0.436. The lowest BCUT2D eigenvalue weighted by Crippen LogP contribution is -1.99. The van der Waals surface area contributed by atoms with Crippen molar-refractivity contribution in [3.8, 4) is 28.6 Å². The van der Waals surface area contributed by atoms with Gasteiger partial charge in [0.2, 0.25) is 16.9 Å². The second kappa shape index (κ2) is 8.09. The van der Waals surface area contributed by atoms with Crippen molar-refractivity contribution in [2.45, 2.75) is 10.9 Å². The van der Waals surface area contributed by atoms with Crippen LogP contribution in [0, 0.1) is 0 Å². The Morgan fingerprint density at radius 3 is 2.64 bits per heavy atom. The molecule has 9 nitrogen and oxygen atoms in total. The maximum absolute atomic E-state index is 5.35. The molecular weight excluding hydrogens is 380 g/mol. The summed E-state index contributed by atoms with van der Waals surface area (Å²) in [4.78, 5) is 4.43. The van der Waals surface area contributed by atoms with Gasteiger partial charge in [-0.1, -0.05) is 29.1 Å². The van der Waals surface area contributed by atoms with Gasteiger partial charge in [-0.25, -0.2) is 0 Å².